The average molecular weight is 415 g/mol. The molecule has 0 bridgehead atoms. The summed E-state index contributed by atoms with van der Waals surface area (Å²) in [5.41, 5.74) is 0.825. The second-order valence-corrected chi connectivity index (χ2v) is 6.97. The summed E-state index contributed by atoms with van der Waals surface area (Å²) in [6.07, 6.45) is 5.14. The van der Waals surface area contributed by atoms with Crippen molar-refractivity contribution in [3.8, 4) is 11.4 Å². The van der Waals surface area contributed by atoms with Crippen LogP contribution in [0, 0.1) is 11.6 Å². The lowest BCUT2D eigenvalue weighted by Crippen LogP contribution is -2.27. The van der Waals surface area contributed by atoms with E-state index in [0.717, 1.165) is 5.56 Å². The summed E-state index contributed by atoms with van der Waals surface area (Å²) in [6, 6.07) is 7.36. The monoisotopic (exact) mass is 415 g/mol. The first-order chi connectivity index (χ1) is 14.1. The summed E-state index contributed by atoms with van der Waals surface area (Å²) < 4.78 is 29.1. The Balaban J connectivity index is 1.57. The van der Waals surface area contributed by atoms with Crippen molar-refractivity contribution in [3.63, 3.8) is 0 Å². The highest BCUT2D eigenvalue weighted by Gasteiger charge is 2.15. The number of halogens is 2. The Hall–Kier alpha value is -3.07. The van der Waals surface area contributed by atoms with Crippen LogP contribution in [0.15, 0.2) is 60.5 Å². The third kappa shape index (κ3) is 5.26. The Bertz CT molecular complexity index is 974. The number of aromatic nitrogens is 4. The molecule has 3 aromatic rings. The van der Waals surface area contributed by atoms with Gasteiger partial charge in [0.1, 0.15) is 11.6 Å². The number of nitrogens with one attached hydrogen (secondary N) is 1. The second-order valence-electron chi connectivity index (χ2n) is 6.03. The van der Waals surface area contributed by atoms with Crippen LogP contribution in [0.2, 0.25) is 0 Å². The molecule has 2 heterocycles. The second kappa shape index (κ2) is 9.92. The first-order valence-corrected chi connectivity index (χ1v) is 9.85. The van der Waals surface area contributed by atoms with Gasteiger partial charge in [-0.05, 0) is 30.7 Å². The van der Waals surface area contributed by atoms with Gasteiger partial charge in [-0.25, -0.2) is 8.78 Å². The minimum absolute atomic E-state index is 0.0341. The molecule has 0 aliphatic carbocycles. The molecule has 0 aliphatic rings. The molecule has 9 heteroatoms. The number of rotatable bonds is 9. The van der Waals surface area contributed by atoms with Crippen molar-refractivity contribution >= 4 is 17.7 Å². The van der Waals surface area contributed by atoms with E-state index in [1.807, 2.05) is 16.7 Å². The van der Waals surface area contributed by atoms with Crippen molar-refractivity contribution in [2.45, 2.75) is 18.1 Å². The molecule has 0 unspecified atom stereocenters. The van der Waals surface area contributed by atoms with Crippen molar-refractivity contribution in [1.29, 1.82) is 0 Å². The molecule has 3 rings (SSSR count). The predicted octanol–water partition coefficient (Wildman–Crippen LogP) is 3.26. The molecule has 0 aliphatic heterocycles. The lowest BCUT2D eigenvalue weighted by Gasteiger charge is -2.08. The molecule has 0 fully saturated rings. The maximum Gasteiger partial charge on any atom is 0.230 e. The van der Waals surface area contributed by atoms with Gasteiger partial charge in [0.15, 0.2) is 11.0 Å². The third-order valence-corrected chi connectivity index (χ3v) is 5.03. The van der Waals surface area contributed by atoms with E-state index < -0.39 is 11.6 Å². The van der Waals surface area contributed by atoms with Gasteiger partial charge in [0.2, 0.25) is 5.91 Å². The first-order valence-electron chi connectivity index (χ1n) is 8.87. The van der Waals surface area contributed by atoms with Crippen molar-refractivity contribution in [1.82, 2.24) is 25.1 Å². The Kier molecular flexibility index (Phi) is 7.07. The maximum absolute atomic E-state index is 13.6. The molecule has 0 saturated carbocycles. The van der Waals surface area contributed by atoms with E-state index in [0.29, 0.717) is 17.5 Å². The fourth-order valence-electron chi connectivity index (χ4n) is 2.68. The molecule has 0 saturated heterocycles. The lowest BCUT2D eigenvalue weighted by molar-refractivity contribution is -0.118. The van der Waals surface area contributed by atoms with Crippen LogP contribution >= 0.6 is 11.8 Å². The summed E-state index contributed by atoms with van der Waals surface area (Å²) in [5.74, 6) is -0.731. The van der Waals surface area contributed by atoms with Crippen molar-refractivity contribution < 1.29 is 13.6 Å². The van der Waals surface area contributed by atoms with Crippen LogP contribution in [0.1, 0.15) is 5.56 Å². The van der Waals surface area contributed by atoms with Gasteiger partial charge in [-0.2, -0.15) is 0 Å². The van der Waals surface area contributed by atoms with E-state index >= 15 is 0 Å². The fraction of sp³-hybridized carbons (Fsp3) is 0.200. The van der Waals surface area contributed by atoms with Gasteiger partial charge >= 0.3 is 0 Å². The van der Waals surface area contributed by atoms with Crippen LogP contribution < -0.4 is 5.32 Å². The number of allylic oxidation sites excluding steroid dienone is 1. The SMILES string of the molecule is C=CCn1c(SCC(=O)NCCc2c(F)cccc2F)nnc1-c1ccncc1. The quantitative estimate of drug-likeness (QED) is 0.429. The smallest absolute Gasteiger partial charge is 0.230 e. The number of carbonyl (C=O) groups excluding carboxylic acids is 1. The number of hydrogen-bond acceptors (Lipinski definition) is 5. The van der Waals surface area contributed by atoms with E-state index in [-0.39, 0.29) is 30.2 Å². The molecule has 0 spiro atoms. The zero-order valence-electron chi connectivity index (χ0n) is 15.5. The van der Waals surface area contributed by atoms with E-state index in [9.17, 15) is 13.6 Å². The average Bonchev–Trinajstić information content (AvgIpc) is 3.12. The molecule has 2 aromatic heterocycles. The number of hydrogen-bond donors (Lipinski definition) is 1. The Morgan fingerprint density at radius 1 is 1.17 bits per heavy atom. The van der Waals surface area contributed by atoms with Crippen molar-refractivity contribution in [2.75, 3.05) is 12.3 Å². The first kappa shape index (κ1) is 20.7. The summed E-state index contributed by atoms with van der Waals surface area (Å²) in [4.78, 5) is 16.1. The molecule has 1 N–H and O–H groups in total. The standard InChI is InChI=1S/C20H19F2N5OS/c1-2-12-27-19(14-6-9-23-10-7-14)25-26-20(27)29-13-18(28)24-11-8-15-16(21)4-3-5-17(15)22/h2-7,9-10H,1,8,11-13H2,(H,24,28). The Morgan fingerprint density at radius 3 is 2.59 bits per heavy atom. The summed E-state index contributed by atoms with van der Waals surface area (Å²) in [5, 5.41) is 11.6. The maximum atomic E-state index is 13.6. The number of benzene rings is 1. The molecule has 0 radical (unpaired) electrons. The van der Waals surface area contributed by atoms with Gasteiger partial charge in [0.05, 0.1) is 5.75 Å². The van der Waals surface area contributed by atoms with Gasteiger partial charge in [0, 0.05) is 36.6 Å². The minimum atomic E-state index is -0.616. The fourth-order valence-corrected chi connectivity index (χ4v) is 3.46. The highest BCUT2D eigenvalue weighted by atomic mass is 32.2. The zero-order chi connectivity index (χ0) is 20.6. The van der Waals surface area contributed by atoms with Crippen LogP contribution in [-0.4, -0.2) is 38.0 Å². The summed E-state index contributed by atoms with van der Waals surface area (Å²) in [7, 11) is 0. The highest BCUT2D eigenvalue weighted by molar-refractivity contribution is 7.99. The van der Waals surface area contributed by atoms with Crippen LogP contribution in [0.5, 0.6) is 0 Å². The minimum Gasteiger partial charge on any atom is -0.355 e. The Labute approximate surface area is 171 Å². The van der Waals surface area contributed by atoms with Gasteiger partial charge in [-0.15, -0.1) is 16.8 Å². The number of thioether (sulfide) groups is 1. The topological polar surface area (TPSA) is 72.7 Å². The lowest BCUT2D eigenvalue weighted by atomic mass is 10.1. The van der Waals surface area contributed by atoms with Crippen LogP contribution in [0.3, 0.4) is 0 Å². The predicted molar refractivity (Wildman–Crippen MR) is 107 cm³/mol. The highest BCUT2D eigenvalue weighted by Crippen LogP contribution is 2.23. The van der Waals surface area contributed by atoms with Gasteiger partial charge in [-0.1, -0.05) is 23.9 Å². The molecule has 29 heavy (non-hydrogen) atoms. The molecule has 150 valence electrons. The Morgan fingerprint density at radius 2 is 1.90 bits per heavy atom. The van der Waals surface area contributed by atoms with E-state index in [1.54, 1.807) is 18.5 Å². The molecule has 1 aromatic carbocycles. The van der Waals surface area contributed by atoms with E-state index in [1.165, 1.54) is 30.0 Å². The van der Waals surface area contributed by atoms with Crippen molar-refractivity contribution in [3.05, 3.63) is 72.6 Å². The molecule has 6 nitrogen and oxygen atoms in total. The zero-order valence-corrected chi connectivity index (χ0v) is 16.3. The van der Waals surface area contributed by atoms with E-state index in [2.05, 4.69) is 27.1 Å². The van der Waals surface area contributed by atoms with E-state index in [4.69, 9.17) is 0 Å². The molecular formula is C20H19F2N5OS. The number of amides is 1. The third-order valence-electron chi connectivity index (χ3n) is 4.06. The van der Waals surface area contributed by atoms with Crippen LogP contribution in [-0.2, 0) is 17.8 Å². The largest absolute Gasteiger partial charge is 0.355 e. The number of pyridine rings is 1. The van der Waals surface area contributed by atoms with Crippen LogP contribution in [0.25, 0.3) is 11.4 Å². The summed E-state index contributed by atoms with van der Waals surface area (Å²) in [6.45, 7) is 4.38. The molecule has 1 amide bonds. The van der Waals surface area contributed by atoms with Gasteiger partial charge in [-0.3, -0.25) is 14.3 Å². The van der Waals surface area contributed by atoms with Gasteiger partial charge in [0.25, 0.3) is 0 Å². The van der Waals surface area contributed by atoms with Crippen molar-refractivity contribution in [2.24, 2.45) is 0 Å². The molecule has 0 atom stereocenters. The van der Waals surface area contributed by atoms with Gasteiger partial charge < -0.3 is 5.32 Å². The summed E-state index contributed by atoms with van der Waals surface area (Å²) >= 11 is 1.23. The molecular weight excluding hydrogens is 396 g/mol. The normalized spacial score (nSPS) is 10.7. The number of carbonyl (C=O) groups is 1. The van der Waals surface area contributed by atoms with Crippen LogP contribution in [0.4, 0.5) is 8.78 Å². The number of nitrogens with zero attached hydrogens (tertiary/aromatic N) is 4.